The Bertz CT molecular complexity index is 560. The summed E-state index contributed by atoms with van der Waals surface area (Å²) >= 11 is 0. The summed E-state index contributed by atoms with van der Waals surface area (Å²) in [6.45, 7) is 6.61. The van der Waals surface area contributed by atoms with E-state index in [2.05, 4.69) is 43.4 Å². The van der Waals surface area contributed by atoms with E-state index in [4.69, 9.17) is 4.98 Å². The Balaban J connectivity index is 2.31. The highest BCUT2D eigenvalue weighted by Gasteiger charge is 2.19. The van der Waals surface area contributed by atoms with Crippen molar-refractivity contribution in [1.29, 1.82) is 0 Å². The van der Waals surface area contributed by atoms with Crippen LogP contribution in [0.2, 0.25) is 0 Å². The highest BCUT2D eigenvalue weighted by molar-refractivity contribution is 5.83. The van der Waals surface area contributed by atoms with E-state index in [1.807, 2.05) is 0 Å². The number of nitrogens with one attached hydrogen (secondary N) is 1. The molecule has 0 amide bonds. The van der Waals surface area contributed by atoms with Crippen molar-refractivity contribution in [2.75, 3.05) is 13.1 Å². The standard InChI is InChI=1S/C15H18N2/c1-10-9-16-8-7-13-11(2)12-5-3-4-6-14(12)17-15(10)13/h3-6,10,16H,7-9H2,1-2H3. The van der Waals surface area contributed by atoms with Crippen LogP contribution < -0.4 is 5.32 Å². The van der Waals surface area contributed by atoms with Gasteiger partial charge in [-0.1, -0.05) is 25.1 Å². The molecular weight excluding hydrogens is 208 g/mol. The summed E-state index contributed by atoms with van der Waals surface area (Å²) in [6.07, 6.45) is 1.10. The Morgan fingerprint density at radius 2 is 2.12 bits per heavy atom. The van der Waals surface area contributed by atoms with Crippen LogP contribution in [0.25, 0.3) is 10.9 Å². The lowest BCUT2D eigenvalue weighted by Crippen LogP contribution is -2.18. The van der Waals surface area contributed by atoms with Crippen LogP contribution in [0.15, 0.2) is 24.3 Å². The van der Waals surface area contributed by atoms with Crippen LogP contribution in [-0.2, 0) is 6.42 Å². The van der Waals surface area contributed by atoms with Gasteiger partial charge in [-0.2, -0.15) is 0 Å². The van der Waals surface area contributed by atoms with Crippen LogP contribution in [0.1, 0.15) is 29.7 Å². The molecule has 0 spiro atoms. The molecule has 1 unspecified atom stereocenters. The number of hydrogen-bond donors (Lipinski definition) is 1. The summed E-state index contributed by atoms with van der Waals surface area (Å²) in [7, 11) is 0. The third-order valence-electron chi connectivity index (χ3n) is 3.78. The number of benzene rings is 1. The summed E-state index contributed by atoms with van der Waals surface area (Å²) in [5, 5.41) is 4.79. The van der Waals surface area contributed by atoms with E-state index in [-0.39, 0.29) is 0 Å². The van der Waals surface area contributed by atoms with Crippen LogP contribution in [0.3, 0.4) is 0 Å². The second-order valence-corrected chi connectivity index (χ2v) is 4.97. The number of hydrogen-bond acceptors (Lipinski definition) is 2. The Morgan fingerprint density at radius 1 is 1.29 bits per heavy atom. The van der Waals surface area contributed by atoms with Gasteiger partial charge in [-0.15, -0.1) is 0 Å². The molecule has 0 bridgehead atoms. The quantitative estimate of drug-likeness (QED) is 0.747. The van der Waals surface area contributed by atoms with Crippen molar-refractivity contribution in [3.8, 4) is 0 Å². The fourth-order valence-electron chi connectivity index (χ4n) is 2.79. The lowest BCUT2D eigenvalue weighted by atomic mass is 9.94. The number of aryl methyl sites for hydroxylation is 1. The average molecular weight is 226 g/mol. The number of aromatic nitrogens is 1. The van der Waals surface area contributed by atoms with Crippen LogP contribution >= 0.6 is 0 Å². The zero-order valence-corrected chi connectivity index (χ0v) is 10.5. The van der Waals surface area contributed by atoms with Gasteiger partial charge in [0.15, 0.2) is 0 Å². The molecular formula is C15H18N2. The topological polar surface area (TPSA) is 24.9 Å². The average Bonchev–Trinajstić information content (AvgIpc) is 2.53. The van der Waals surface area contributed by atoms with Crippen LogP contribution in [0.4, 0.5) is 0 Å². The minimum atomic E-state index is 0.510. The van der Waals surface area contributed by atoms with Gasteiger partial charge in [0.25, 0.3) is 0 Å². The molecule has 2 aromatic rings. The van der Waals surface area contributed by atoms with Gasteiger partial charge in [-0.3, -0.25) is 4.98 Å². The molecule has 0 saturated carbocycles. The molecule has 1 aliphatic rings. The highest BCUT2D eigenvalue weighted by atomic mass is 14.9. The largest absolute Gasteiger partial charge is 0.316 e. The summed E-state index contributed by atoms with van der Waals surface area (Å²) in [5.41, 5.74) is 5.31. The molecule has 2 nitrogen and oxygen atoms in total. The summed E-state index contributed by atoms with van der Waals surface area (Å²) in [6, 6.07) is 8.47. The molecule has 88 valence electrons. The maximum atomic E-state index is 4.88. The lowest BCUT2D eigenvalue weighted by Gasteiger charge is -2.15. The Labute approximate surface area is 102 Å². The SMILES string of the molecule is Cc1c2c(nc3ccccc13)C(C)CNCC2. The molecule has 0 fully saturated rings. The molecule has 0 radical (unpaired) electrons. The smallest absolute Gasteiger partial charge is 0.0708 e. The van der Waals surface area contributed by atoms with Crippen molar-refractivity contribution in [2.45, 2.75) is 26.2 Å². The normalized spacial score (nSPS) is 20.0. The predicted octanol–water partition coefficient (Wildman–Crippen LogP) is 2.79. The maximum Gasteiger partial charge on any atom is 0.0708 e. The van der Waals surface area contributed by atoms with Crippen molar-refractivity contribution in [3.63, 3.8) is 0 Å². The van der Waals surface area contributed by atoms with E-state index in [1.165, 1.54) is 22.2 Å². The molecule has 1 aromatic carbocycles. The monoisotopic (exact) mass is 226 g/mol. The minimum Gasteiger partial charge on any atom is -0.316 e. The van der Waals surface area contributed by atoms with Crippen molar-refractivity contribution in [1.82, 2.24) is 10.3 Å². The third-order valence-corrected chi connectivity index (χ3v) is 3.78. The first-order chi connectivity index (χ1) is 8.27. The molecule has 1 N–H and O–H groups in total. The summed E-state index contributed by atoms with van der Waals surface area (Å²) in [5.74, 6) is 0.510. The first kappa shape index (κ1) is 10.7. The fraction of sp³-hybridized carbons (Fsp3) is 0.400. The zero-order valence-electron chi connectivity index (χ0n) is 10.5. The Morgan fingerprint density at radius 3 is 3.00 bits per heavy atom. The van der Waals surface area contributed by atoms with E-state index in [9.17, 15) is 0 Å². The molecule has 2 heterocycles. The number of fused-ring (bicyclic) bond motifs is 2. The van der Waals surface area contributed by atoms with E-state index in [0.29, 0.717) is 5.92 Å². The predicted molar refractivity (Wildman–Crippen MR) is 71.5 cm³/mol. The molecule has 1 aromatic heterocycles. The van der Waals surface area contributed by atoms with Crippen molar-refractivity contribution in [2.24, 2.45) is 0 Å². The first-order valence-corrected chi connectivity index (χ1v) is 6.36. The minimum absolute atomic E-state index is 0.510. The van der Waals surface area contributed by atoms with E-state index >= 15 is 0 Å². The Hall–Kier alpha value is -1.41. The second-order valence-electron chi connectivity index (χ2n) is 4.97. The van der Waals surface area contributed by atoms with Gasteiger partial charge in [0, 0.05) is 23.5 Å². The number of rotatable bonds is 0. The number of nitrogens with zero attached hydrogens (tertiary/aromatic N) is 1. The Kier molecular flexibility index (Phi) is 2.60. The molecule has 1 aliphatic heterocycles. The highest BCUT2D eigenvalue weighted by Crippen LogP contribution is 2.28. The maximum absolute atomic E-state index is 4.88. The van der Waals surface area contributed by atoms with E-state index < -0.39 is 0 Å². The third kappa shape index (κ3) is 1.73. The van der Waals surface area contributed by atoms with Crippen LogP contribution in [0, 0.1) is 6.92 Å². The van der Waals surface area contributed by atoms with Gasteiger partial charge < -0.3 is 5.32 Å². The molecule has 1 atom stereocenters. The van der Waals surface area contributed by atoms with Gasteiger partial charge in [0.1, 0.15) is 0 Å². The lowest BCUT2D eigenvalue weighted by molar-refractivity contribution is 0.637. The molecule has 3 rings (SSSR count). The number of pyridine rings is 1. The van der Waals surface area contributed by atoms with Crippen LogP contribution in [0.5, 0.6) is 0 Å². The fourth-order valence-corrected chi connectivity index (χ4v) is 2.79. The zero-order chi connectivity index (χ0) is 11.8. The molecule has 2 heteroatoms. The van der Waals surface area contributed by atoms with Gasteiger partial charge >= 0.3 is 0 Å². The summed E-state index contributed by atoms with van der Waals surface area (Å²) < 4.78 is 0. The van der Waals surface area contributed by atoms with E-state index in [1.54, 1.807) is 0 Å². The molecule has 17 heavy (non-hydrogen) atoms. The second kappa shape index (κ2) is 4.11. The molecule has 0 saturated heterocycles. The van der Waals surface area contributed by atoms with Crippen molar-refractivity contribution >= 4 is 10.9 Å². The van der Waals surface area contributed by atoms with E-state index in [0.717, 1.165) is 25.0 Å². The van der Waals surface area contributed by atoms with Gasteiger partial charge in [0.2, 0.25) is 0 Å². The van der Waals surface area contributed by atoms with Gasteiger partial charge in [-0.05, 0) is 37.1 Å². The molecule has 0 aliphatic carbocycles. The summed E-state index contributed by atoms with van der Waals surface area (Å²) in [4.78, 5) is 4.88. The van der Waals surface area contributed by atoms with Gasteiger partial charge in [-0.25, -0.2) is 0 Å². The van der Waals surface area contributed by atoms with Crippen molar-refractivity contribution in [3.05, 3.63) is 41.1 Å². The van der Waals surface area contributed by atoms with Gasteiger partial charge in [0.05, 0.1) is 5.52 Å². The van der Waals surface area contributed by atoms with Crippen molar-refractivity contribution < 1.29 is 0 Å². The number of para-hydroxylation sites is 1. The van der Waals surface area contributed by atoms with Crippen LogP contribution in [-0.4, -0.2) is 18.1 Å². The first-order valence-electron chi connectivity index (χ1n) is 6.36.